The molecule has 118 valence electrons. The largest absolute Gasteiger partial charge is 0.375 e. The van der Waals surface area contributed by atoms with Gasteiger partial charge in [-0.05, 0) is 30.7 Å². The van der Waals surface area contributed by atoms with Crippen LogP contribution in [0.4, 0.5) is 5.82 Å². The van der Waals surface area contributed by atoms with Crippen molar-refractivity contribution >= 4 is 29.0 Å². The van der Waals surface area contributed by atoms with Crippen LogP contribution in [0.5, 0.6) is 0 Å². The van der Waals surface area contributed by atoms with Crippen molar-refractivity contribution < 1.29 is 9.53 Å². The lowest BCUT2D eigenvalue weighted by Gasteiger charge is -2.08. The van der Waals surface area contributed by atoms with Gasteiger partial charge in [0.2, 0.25) is 0 Å². The highest BCUT2D eigenvalue weighted by Gasteiger charge is 2.16. The number of imidazole rings is 1. The fourth-order valence-corrected chi connectivity index (χ4v) is 2.60. The Morgan fingerprint density at radius 2 is 2.17 bits per heavy atom. The van der Waals surface area contributed by atoms with E-state index in [1.807, 2.05) is 47.9 Å². The van der Waals surface area contributed by atoms with Crippen LogP contribution in [-0.2, 0) is 9.53 Å². The number of halogens is 1. The van der Waals surface area contributed by atoms with E-state index >= 15 is 0 Å². The standard InChI is InChI=1S/C17H16ClN3O2/c1-11-6-7-14-19-16(12-4-3-5-13(18)8-12)17(21(14)9-11)20-15(22)10-23-2/h3-9H,10H2,1-2H3,(H,20,22). The normalized spacial score (nSPS) is 10.9. The van der Waals surface area contributed by atoms with Gasteiger partial charge in [-0.15, -0.1) is 0 Å². The van der Waals surface area contributed by atoms with Gasteiger partial charge in [-0.3, -0.25) is 9.20 Å². The quantitative estimate of drug-likeness (QED) is 0.796. The molecule has 6 heteroatoms. The molecule has 0 aliphatic rings. The molecule has 0 bridgehead atoms. The number of rotatable bonds is 4. The fourth-order valence-electron chi connectivity index (χ4n) is 2.41. The molecule has 5 nitrogen and oxygen atoms in total. The Balaban J connectivity index is 2.17. The molecule has 0 aliphatic carbocycles. The summed E-state index contributed by atoms with van der Waals surface area (Å²) in [7, 11) is 1.48. The van der Waals surface area contributed by atoms with Gasteiger partial charge in [0.1, 0.15) is 23.8 Å². The summed E-state index contributed by atoms with van der Waals surface area (Å²) in [6.07, 6.45) is 1.93. The van der Waals surface area contributed by atoms with Crippen molar-refractivity contribution in [2.45, 2.75) is 6.92 Å². The zero-order valence-electron chi connectivity index (χ0n) is 12.8. The van der Waals surface area contributed by atoms with Crippen molar-refractivity contribution in [1.29, 1.82) is 0 Å². The number of nitrogens with one attached hydrogen (secondary N) is 1. The number of carbonyl (C=O) groups excluding carboxylic acids is 1. The van der Waals surface area contributed by atoms with Crippen LogP contribution >= 0.6 is 11.6 Å². The smallest absolute Gasteiger partial charge is 0.251 e. The third kappa shape index (κ3) is 3.21. The number of nitrogens with zero attached hydrogens (tertiary/aromatic N) is 2. The molecule has 0 spiro atoms. The second kappa shape index (κ2) is 6.40. The number of methoxy groups -OCH3 is 1. The Labute approximate surface area is 138 Å². The van der Waals surface area contributed by atoms with Crippen LogP contribution in [0.25, 0.3) is 16.9 Å². The Morgan fingerprint density at radius 3 is 2.91 bits per heavy atom. The molecular weight excluding hydrogens is 314 g/mol. The number of aryl methyl sites for hydroxylation is 1. The first kappa shape index (κ1) is 15.5. The molecule has 0 aliphatic heterocycles. The Hall–Kier alpha value is -2.37. The molecule has 0 saturated carbocycles. The van der Waals surface area contributed by atoms with Gasteiger partial charge in [0, 0.05) is 23.9 Å². The molecule has 0 atom stereocenters. The predicted molar refractivity (Wildman–Crippen MR) is 90.9 cm³/mol. The van der Waals surface area contributed by atoms with Gasteiger partial charge in [0.05, 0.1) is 0 Å². The Kier molecular flexibility index (Phi) is 4.32. The lowest BCUT2D eigenvalue weighted by atomic mass is 10.1. The molecule has 1 N–H and O–H groups in total. The van der Waals surface area contributed by atoms with Crippen molar-refractivity contribution in [2.75, 3.05) is 19.0 Å². The minimum absolute atomic E-state index is 0.0198. The maximum atomic E-state index is 12.0. The molecular formula is C17H16ClN3O2. The zero-order valence-corrected chi connectivity index (χ0v) is 13.6. The molecule has 1 aromatic carbocycles. The second-order valence-corrected chi connectivity index (χ2v) is 5.67. The maximum absolute atomic E-state index is 12.0. The fraction of sp³-hybridized carbons (Fsp3) is 0.176. The highest BCUT2D eigenvalue weighted by Crippen LogP contribution is 2.30. The van der Waals surface area contributed by atoms with Crippen LogP contribution < -0.4 is 5.32 Å². The van der Waals surface area contributed by atoms with Crippen molar-refractivity contribution in [1.82, 2.24) is 9.38 Å². The first-order chi connectivity index (χ1) is 11.1. The summed E-state index contributed by atoms with van der Waals surface area (Å²) in [5, 5.41) is 3.49. The van der Waals surface area contributed by atoms with E-state index in [0.29, 0.717) is 16.5 Å². The summed E-state index contributed by atoms with van der Waals surface area (Å²) in [5.41, 5.74) is 3.32. The van der Waals surface area contributed by atoms with E-state index in [1.54, 1.807) is 6.07 Å². The van der Waals surface area contributed by atoms with E-state index in [0.717, 1.165) is 16.8 Å². The van der Waals surface area contributed by atoms with Gasteiger partial charge in [-0.25, -0.2) is 4.98 Å². The van der Waals surface area contributed by atoms with Gasteiger partial charge >= 0.3 is 0 Å². The van der Waals surface area contributed by atoms with Crippen molar-refractivity contribution in [2.24, 2.45) is 0 Å². The molecule has 3 aromatic rings. The number of aromatic nitrogens is 2. The SMILES string of the molecule is COCC(=O)Nc1c(-c2cccc(Cl)c2)nc2ccc(C)cn12. The highest BCUT2D eigenvalue weighted by molar-refractivity contribution is 6.30. The molecule has 0 unspecified atom stereocenters. The van der Waals surface area contributed by atoms with E-state index in [-0.39, 0.29) is 12.5 Å². The van der Waals surface area contributed by atoms with E-state index in [4.69, 9.17) is 16.3 Å². The van der Waals surface area contributed by atoms with Crippen LogP contribution in [0.2, 0.25) is 5.02 Å². The molecule has 1 amide bonds. The monoisotopic (exact) mass is 329 g/mol. The van der Waals surface area contributed by atoms with Crippen LogP contribution in [0.1, 0.15) is 5.56 Å². The molecule has 0 radical (unpaired) electrons. The number of ether oxygens (including phenoxy) is 1. The third-order valence-electron chi connectivity index (χ3n) is 3.40. The van der Waals surface area contributed by atoms with Crippen LogP contribution in [-0.4, -0.2) is 29.0 Å². The number of anilines is 1. The number of fused-ring (bicyclic) bond motifs is 1. The summed E-state index contributed by atoms with van der Waals surface area (Å²) >= 11 is 6.08. The molecule has 0 fully saturated rings. The molecule has 2 heterocycles. The number of pyridine rings is 1. The zero-order chi connectivity index (χ0) is 16.4. The average Bonchev–Trinajstić information content (AvgIpc) is 2.86. The highest BCUT2D eigenvalue weighted by atomic mass is 35.5. The van der Waals surface area contributed by atoms with Gasteiger partial charge < -0.3 is 10.1 Å². The third-order valence-corrected chi connectivity index (χ3v) is 3.63. The van der Waals surface area contributed by atoms with Gasteiger partial charge in [-0.2, -0.15) is 0 Å². The molecule has 0 saturated heterocycles. The predicted octanol–water partition coefficient (Wildman–Crippen LogP) is 3.55. The Bertz CT molecular complexity index is 873. The summed E-state index contributed by atoms with van der Waals surface area (Å²) in [6.45, 7) is 1.97. The van der Waals surface area contributed by atoms with Gasteiger partial charge in [-0.1, -0.05) is 29.8 Å². The van der Waals surface area contributed by atoms with Gasteiger partial charge in [0.25, 0.3) is 5.91 Å². The number of benzene rings is 1. The Morgan fingerprint density at radius 1 is 1.35 bits per heavy atom. The van der Waals surface area contributed by atoms with E-state index in [1.165, 1.54) is 7.11 Å². The van der Waals surface area contributed by atoms with Gasteiger partial charge in [0.15, 0.2) is 0 Å². The number of hydrogen-bond acceptors (Lipinski definition) is 3. The lowest BCUT2D eigenvalue weighted by molar-refractivity contribution is -0.119. The first-order valence-electron chi connectivity index (χ1n) is 7.12. The minimum atomic E-state index is -0.237. The average molecular weight is 330 g/mol. The molecule has 23 heavy (non-hydrogen) atoms. The summed E-state index contributed by atoms with van der Waals surface area (Å²) in [5.74, 6) is 0.368. The first-order valence-corrected chi connectivity index (χ1v) is 7.49. The van der Waals surface area contributed by atoms with E-state index in [9.17, 15) is 4.79 Å². The summed E-state index contributed by atoms with van der Waals surface area (Å²) < 4.78 is 6.75. The molecule has 2 aromatic heterocycles. The number of hydrogen-bond donors (Lipinski definition) is 1. The minimum Gasteiger partial charge on any atom is -0.375 e. The van der Waals surface area contributed by atoms with Crippen molar-refractivity contribution in [3.05, 3.63) is 53.2 Å². The maximum Gasteiger partial charge on any atom is 0.251 e. The van der Waals surface area contributed by atoms with Crippen LogP contribution in [0.15, 0.2) is 42.6 Å². The van der Waals surface area contributed by atoms with Crippen molar-refractivity contribution in [3.63, 3.8) is 0 Å². The van der Waals surface area contributed by atoms with E-state index in [2.05, 4.69) is 10.3 Å². The summed E-state index contributed by atoms with van der Waals surface area (Å²) in [4.78, 5) is 16.6. The molecule has 3 rings (SSSR count). The lowest BCUT2D eigenvalue weighted by Crippen LogP contribution is -2.18. The van der Waals surface area contributed by atoms with E-state index < -0.39 is 0 Å². The second-order valence-electron chi connectivity index (χ2n) is 5.24. The number of amides is 1. The van der Waals surface area contributed by atoms with Crippen molar-refractivity contribution in [3.8, 4) is 11.3 Å². The number of carbonyl (C=O) groups is 1. The van der Waals surface area contributed by atoms with Crippen LogP contribution in [0.3, 0.4) is 0 Å². The van der Waals surface area contributed by atoms with Crippen LogP contribution in [0, 0.1) is 6.92 Å². The topological polar surface area (TPSA) is 55.6 Å². The summed E-state index contributed by atoms with van der Waals surface area (Å²) in [6, 6.07) is 11.3.